The topological polar surface area (TPSA) is 0 Å². The van der Waals surface area contributed by atoms with Crippen molar-refractivity contribution in [1.82, 2.24) is 0 Å². The van der Waals surface area contributed by atoms with Crippen LogP contribution < -0.4 is 0 Å². The number of hydrogen-bond donors (Lipinski definition) is 0. The van der Waals surface area contributed by atoms with Crippen molar-refractivity contribution in [2.75, 3.05) is 0 Å². The standard InChI is InChI=1S/C19H22/c1-4-10-16(11-5-1)19(17-12-6-2-7-13-17)18-14-8-3-9-15-18/h1-2,4-7,10-13,18-19H,3,8-9,14-15H2. The zero-order valence-corrected chi connectivity index (χ0v) is 11.5. The average molecular weight is 250 g/mol. The molecule has 0 spiro atoms. The van der Waals surface area contributed by atoms with Crippen molar-refractivity contribution < 1.29 is 0 Å². The maximum atomic E-state index is 2.30. The van der Waals surface area contributed by atoms with Crippen LogP contribution in [0.4, 0.5) is 0 Å². The van der Waals surface area contributed by atoms with Gasteiger partial charge in [0, 0.05) is 5.92 Å². The number of benzene rings is 2. The summed E-state index contributed by atoms with van der Waals surface area (Å²) in [5, 5.41) is 0. The minimum atomic E-state index is 0.586. The molecule has 0 heterocycles. The van der Waals surface area contributed by atoms with E-state index in [0.717, 1.165) is 5.92 Å². The van der Waals surface area contributed by atoms with Crippen LogP contribution in [0.15, 0.2) is 60.7 Å². The summed E-state index contributed by atoms with van der Waals surface area (Å²) in [6.07, 6.45) is 7.00. The molecular formula is C19H22. The van der Waals surface area contributed by atoms with Crippen LogP contribution in [-0.2, 0) is 0 Å². The molecule has 0 amide bonds. The molecule has 2 aromatic carbocycles. The summed E-state index contributed by atoms with van der Waals surface area (Å²) < 4.78 is 0. The van der Waals surface area contributed by atoms with Crippen LogP contribution >= 0.6 is 0 Å². The maximum Gasteiger partial charge on any atom is 0.0118 e. The Morgan fingerprint density at radius 2 is 1.11 bits per heavy atom. The van der Waals surface area contributed by atoms with Crippen LogP contribution in [0, 0.1) is 5.92 Å². The van der Waals surface area contributed by atoms with Gasteiger partial charge in [-0.3, -0.25) is 0 Å². The molecule has 3 rings (SSSR count). The van der Waals surface area contributed by atoms with E-state index in [1.807, 2.05) is 0 Å². The second kappa shape index (κ2) is 6.06. The third-order valence-corrected chi connectivity index (χ3v) is 4.44. The van der Waals surface area contributed by atoms with E-state index in [-0.39, 0.29) is 0 Å². The Labute approximate surface area is 116 Å². The molecule has 0 aliphatic heterocycles. The third kappa shape index (κ3) is 2.89. The Balaban J connectivity index is 1.96. The number of hydrogen-bond acceptors (Lipinski definition) is 0. The van der Waals surface area contributed by atoms with Crippen LogP contribution in [0.25, 0.3) is 0 Å². The molecule has 0 N–H and O–H groups in total. The summed E-state index contributed by atoms with van der Waals surface area (Å²) in [6.45, 7) is 0. The second-order valence-electron chi connectivity index (χ2n) is 5.70. The van der Waals surface area contributed by atoms with Crippen molar-refractivity contribution >= 4 is 0 Å². The van der Waals surface area contributed by atoms with Crippen LogP contribution in [-0.4, -0.2) is 0 Å². The van der Waals surface area contributed by atoms with Gasteiger partial charge in [-0.25, -0.2) is 0 Å². The molecule has 98 valence electrons. The van der Waals surface area contributed by atoms with E-state index in [9.17, 15) is 0 Å². The predicted octanol–water partition coefficient (Wildman–Crippen LogP) is 5.40. The van der Waals surface area contributed by atoms with Crippen molar-refractivity contribution in [3.8, 4) is 0 Å². The summed E-state index contributed by atoms with van der Waals surface area (Å²) in [6, 6.07) is 22.1. The SMILES string of the molecule is c1ccc(C(c2ccccc2)C2CCCCC2)cc1. The van der Waals surface area contributed by atoms with E-state index >= 15 is 0 Å². The van der Waals surface area contributed by atoms with Gasteiger partial charge in [0.05, 0.1) is 0 Å². The molecule has 2 aromatic rings. The molecule has 0 nitrogen and oxygen atoms in total. The zero-order valence-electron chi connectivity index (χ0n) is 11.5. The largest absolute Gasteiger partial charge is 0.0622 e. The molecule has 0 aromatic heterocycles. The highest BCUT2D eigenvalue weighted by atomic mass is 14.3. The quantitative estimate of drug-likeness (QED) is 0.684. The Morgan fingerprint density at radius 1 is 0.632 bits per heavy atom. The highest BCUT2D eigenvalue weighted by molar-refractivity contribution is 5.33. The third-order valence-electron chi connectivity index (χ3n) is 4.44. The van der Waals surface area contributed by atoms with Gasteiger partial charge in [-0.1, -0.05) is 79.9 Å². The van der Waals surface area contributed by atoms with E-state index in [2.05, 4.69) is 60.7 Å². The van der Waals surface area contributed by atoms with Gasteiger partial charge >= 0.3 is 0 Å². The zero-order chi connectivity index (χ0) is 12.9. The summed E-state index contributed by atoms with van der Waals surface area (Å²) in [5.41, 5.74) is 2.97. The fourth-order valence-corrected chi connectivity index (χ4v) is 3.53. The van der Waals surface area contributed by atoms with Gasteiger partial charge in [-0.05, 0) is 29.9 Å². The van der Waals surface area contributed by atoms with Crippen molar-refractivity contribution in [2.24, 2.45) is 5.92 Å². The van der Waals surface area contributed by atoms with Gasteiger partial charge in [0.1, 0.15) is 0 Å². The second-order valence-corrected chi connectivity index (χ2v) is 5.70. The highest BCUT2D eigenvalue weighted by Crippen LogP contribution is 2.40. The minimum absolute atomic E-state index is 0.586. The average Bonchev–Trinajstić information content (AvgIpc) is 2.51. The lowest BCUT2D eigenvalue weighted by Gasteiger charge is -2.31. The lowest BCUT2D eigenvalue weighted by Crippen LogP contribution is -2.17. The Kier molecular flexibility index (Phi) is 3.98. The first-order chi connectivity index (χ1) is 9.45. The van der Waals surface area contributed by atoms with Crippen molar-refractivity contribution in [2.45, 2.75) is 38.0 Å². The maximum absolute atomic E-state index is 2.30. The van der Waals surface area contributed by atoms with Crippen molar-refractivity contribution in [3.05, 3.63) is 71.8 Å². The lowest BCUT2D eigenvalue weighted by molar-refractivity contribution is 0.327. The van der Waals surface area contributed by atoms with Crippen LogP contribution in [0.5, 0.6) is 0 Å². The van der Waals surface area contributed by atoms with E-state index in [1.165, 1.54) is 43.2 Å². The lowest BCUT2D eigenvalue weighted by atomic mass is 9.74. The summed E-state index contributed by atoms with van der Waals surface area (Å²) in [4.78, 5) is 0. The van der Waals surface area contributed by atoms with Crippen LogP contribution in [0.3, 0.4) is 0 Å². The molecule has 1 aliphatic carbocycles. The van der Waals surface area contributed by atoms with Crippen molar-refractivity contribution in [3.63, 3.8) is 0 Å². The molecule has 0 radical (unpaired) electrons. The summed E-state index contributed by atoms with van der Waals surface area (Å²) >= 11 is 0. The fraction of sp³-hybridized carbons (Fsp3) is 0.368. The molecule has 0 bridgehead atoms. The molecule has 0 heteroatoms. The molecule has 0 atom stereocenters. The van der Waals surface area contributed by atoms with Gasteiger partial charge in [0.15, 0.2) is 0 Å². The van der Waals surface area contributed by atoms with Crippen LogP contribution in [0.1, 0.15) is 49.1 Å². The Hall–Kier alpha value is -1.56. The van der Waals surface area contributed by atoms with E-state index < -0.39 is 0 Å². The molecule has 1 aliphatic rings. The highest BCUT2D eigenvalue weighted by Gasteiger charge is 2.26. The first-order valence-electron chi connectivity index (χ1n) is 7.55. The Bertz CT molecular complexity index is 440. The predicted molar refractivity (Wildman–Crippen MR) is 81.3 cm³/mol. The summed E-state index contributed by atoms with van der Waals surface area (Å²) in [7, 11) is 0. The van der Waals surface area contributed by atoms with Crippen molar-refractivity contribution in [1.29, 1.82) is 0 Å². The Morgan fingerprint density at radius 3 is 1.58 bits per heavy atom. The van der Waals surface area contributed by atoms with Gasteiger partial charge in [0.2, 0.25) is 0 Å². The van der Waals surface area contributed by atoms with Gasteiger partial charge in [-0.2, -0.15) is 0 Å². The molecular weight excluding hydrogens is 228 g/mol. The first-order valence-corrected chi connectivity index (χ1v) is 7.55. The molecule has 1 fully saturated rings. The van der Waals surface area contributed by atoms with E-state index in [4.69, 9.17) is 0 Å². The first kappa shape index (κ1) is 12.5. The molecule has 0 saturated heterocycles. The smallest absolute Gasteiger partial charge is 0.0118 e. The van der Waals surface area contributed by atoms with Gasteiger partial charge in [0.25, 0.3) is 0 Å². The normalized spacial score (nSPS) is 16.7. The minimum Gasteiger partial charge on any atom is -0.0622 e. The van der Waals surface area contributed by atoms with Gasteiger partial charge in [-0.15, -0.1) is 0 Å². The summed E-state index contributed by atoms with van der Waals surface area (Å²) in [5.74, 6) is 1.40. The van der Waals surface area contributed by atoms with Crippen LogP contribution in [0.2, 0.25) is 0 Å². The van der Waals surface area contributed by atoms with E-state index in [0.29, 0.717) is 5.92 Å². The monoisotopic (exact) mass is 250 g/mol. The molecule has 19 heavy (non-hydrogen) atoms. The molecule has 0 unspecified atom stereocenters. The number of rotatable bonds is 3. The van der Waals surface area contributed by atoms with Gasteiger partial charge < -0.3 is 0 Å². The van der Waals surface area contributed by atoms with E-state index in [1.54, 1.807) is 0 Å². The molecule has 1 saturated carbocycles. The fourth-order valence-electron chi connectivity index (χ4n) is 3.53.